The summed E-state index contributed by atoms with van der Waals surface area (Å²) in [4.78, 5) is 12.2. The molecule has 1 unspecified atom stereocenters. The van der Waals surface area contributed by atoms with E-state index in [1.165, 1.54) is 0 Å². The summed E-state index contributed by atoms with van der Waals surface area (Å²) < 4.78 is 6.92. The minimum atomic E-state index is -0.245. The van der Waals surface area contributed by atoms with Crippen molar-refractivity contribution < 1.29 is 14.6 Å². The Bertz CT molecular complexity index is 933. The number of benzene rings is 2. The van der Waals surface area contributed by atoms with E-state index in [2.05, 4.69) is 10.3 Å². The normalized spacial score (nSPS) is 12.3. The maximum atomic E-state index is 12.2. The van der Waals surface area contributed by atoms with E-state index in [1.54, 1.807) is 11.6 Å². The van der Waals surface area contributed by atoms with Gasteiger partial charge in [0.2, 0.25) is 0 Å². The molecule has 3 aromatic rings. The number of aliphatic hydroxyl groups is 1. The lowest BCUT2D eigenvalue weighted by Crippen LogP contribution is -2.13. The highest BCUT2D eigenvalue weighted by molar-refractivity contribution is 5.80. The topological polar surface area (TPSA) is 77.2 Å². The van der Waals surface area contributed by atoms with Gasteiger partial charge in [-0.25, -0.2) is 4.68 Å². The molecule has 1 atom stereocenters. The van der Waals surface area contributed by atoms with Crippen molar-refractivity contribution in [2.45, 2.75) is 32.8 Å². The van der Waals surface area contributed by atoms with Gasteiger partial charge in [-0.2, -0.15) is 0 Å². The average Bonchev–Trinajstić information content (AvgIpc) is 3.03. The highest BCUT2D eigenvalue weighted by atomic mass is 16.5. The number of nitrogens with zero attached hydrogens (tertiary/aromatic N) is 3. The molecule has 0 aliphatic heterocycles. The fourth-order valence-electron chi connectivity index (χ4n) is 3.33. The van der Waals surface area contributed by atoms with Crippen molar-refractivity contribution in [2.75, 3.05) is 6.61 Å². The first-order chi connectivity index (χ1) is 12.5. The van der Waals surface area contributed by atoms with E-state index >= 15 is 0 Å². The van der Waals surface area contributed by atoms with Crippen molar-refractivity contribution in [3.05, 3.63) is 58.7 Å². The van der Waals surface area contributed by atoms with Gasteiger partial charge >= 0.3 is 5.97 Å². The van der Waals surface area contributed by atoms with Crippen LogP contribution in [0, 0.1) is 6.92 Å². The number of carbonyl (C=O) groups is 1. The van der Waals surface area contributed by atoms with Crippen molar-refractivity contribution in [2.24, 2.45) is 7.05 Å². The van der Waals surface area contributed by atoms with Crippen molar-refractivity contribution in [1.82, 2.24) is 15.0 Å². The zero-order valence-corrected chi connectivity index (χ0v) is 15.3. The first-order valence-electron chi connectivity index (χ1n) is 8.69. The second kappa shape index (κ2) is 7.66. The van der Waals surface area contributed by atoms with Gasteiger partial charge < -0.3 is 9.84 Å². The van der Waals surface area contributed by atoms with Gasteiger partial charge in [-0.05, 0) is 42.2 Å². The SMILES string of the molecule is CCOC(=O)CC(c1cccc(CO)c1)c1ccc2c(nnn2C)c1C. The van der Waals surface area contributed by atoms with Crippen LogP contribution in [0.5, 0.6) is 0 Å². The first kappa shape index (κ1) is 18.1. The van der Waals surface area contributed by atoms with Crippen LogP contribution in [0.4, 0.5) is 0 Å². The van der Waals surface area contributed by atoms with Crippen LogP contribution < -0.4 is 0 Å². The average molecular weight is 353 g/mol. The smallest absolute Gasteiger partial charge is 0.306 e. The lowest BCUT2D eigenvalue weighted by atomic mass is 9.85. The number of hydrogen-bond donors (Lipinski definition) is 1. The van der Waals surface area contributed by atoms with E-state index in [1.807, 2.05) is 50.4 Å². The summed E-state index contributed by atoms with van der Waals surface area (Å²) in [6.07, 6.45) is 0.231. The summed E-state index contributed by atoms with van der Waals surface area (Å²) in [7, 11) is 1.86. The number of hydrogen-bond acceptors (Lipinski definition) is 5. The van der Waals surface area contributed by atoms with Crippen molar-refractivity contribution in [3.63, 3.8) is 0 Å². The Kier molecular flexibility index (Phi) is 5.32. The highest BCUT2D eigenvalue weighted by Gasteiger charge is 2.23. The highest BCUT2D eigenvalue weighted by Crippen LogP contribution is 2.33. The van der Waals surface area contributed by atoms with Gasteiger partial charge in [-0.15, -0.1) is 5.10 Å². The summed E-state index contributed by atoms with van der Waals surface area (Å²) in [6.45, 7) is 4.11. The molecule has 0 bridgehead atoms. The molecular weight excluding hydrogens is 330 g/mol. The van der Waals surface area contributed by atoms with Gasteiger partial charge in [-0.1, -0.05) is 35.5 Å². The van der Waals surface area contributed by atoms with E-state index < -0.39 is 0 Å². The molecular formula is C20H23N3O3. The maximum absolute atomic E-state index is 12.2. The molecule has 0 aliphatic rings. The van der Waals surface area contributed by atoms with Gasteiger partial charge in [0.25, 0.3) is 0 Å². The van der Waals surface area contributed by atoms with E-state index in [0.717, 1.165) is 33.3 Å². The van der Waals surface area contributed by atoms with Gasteiger partial charge in [0.05, 0.1) is 25.2 Å². The molecule has 0 aliphatic carbocycles. The monoisotopic (exact) mass is 353 g/mol. The molecule has 0 saturated heterocycles. The third-order valence-corrected chi connectivity index (χ3v) is 4.67. The third kappa shape index (κ3) is 3.46. The fraction of sp³-hybridized carbons (Fsp3) is 0.350. The largest absolute Gasteiger partial charge is 0.466 e. The number of aromatic nitrogens is 3. The molecule has 1 aromatic heterocycles. The number of aryl methyl sites for hydroxylation is 2. The van der Waals surface area contributed by atoms with E-state index in [4.69, 9.17) is 4.74 Å². The molecule has 0 radical (unpaired) electrons. The lowest BCUT2D eigenvalue weighted by Gasteiger charge is -2.20. The fourth-order valence-corrected chi connectivity index (χ4v) is 3.33. The Labute approximate surface area is 152 Å². The number of ether oxygens (including phenoxy) is 1. The molecule has 0 spiro atoms. The predicted octanol–water partition coefficient (Wildman–Crippen LogP) is 2.85. The van der Waals surface area contributed by atoms with Crippen LogP contribution in [0.3, 0.4) is 0 Å². The van der Waals surface area contributed by atoms with Crippen LogP contribution in [0.1, 0.15) is 41.5 Å². The summed E-state index contributed by atoms with van der Waals surface area (Å²) in [6, 6.07) is 11.7. The van der Waals surface area contributed by atoms with Crippen molar-refractivity contribution in [1.29, 1.82) is 0 Å². The second-order valence-corrected chi connectivity index (χ2v) is 6.33. The molecule has 136 valence electrons. The van der Waals surface area contributed by atoms with Crippen LogP contribution in [0.25, 0.3) is 11.0 Å². The lowest BCUT2D eigenvalue weighted by molar-refractivity contribution is -0.143. The Hall–Kier alpha value is -2.73. The molecule has 0 saturated carbocycles. The summed E-state index contributed by atoms with van der Waals surface area (Å²) >= 11 is 0. The molecule has 6 nitrogen and oxygen atoms in total. The minimum absolute atomic E-state index is 0.0395. The zero-order chi connectivity index (χ0) is 18.7. The molecule has 1 heterocycles. The second-order valence-electron chi connectivity index (χ2n) is 6.33. The molecule has 1 N–H and O–H groups in total. The molecule has 3 rings (SSSR count). The summed E-state index contributed by atoms with van der Waals surface area (Å²) in [5, 5.41) is 17.8. The van der Waals surface area contributed by atoms with Crippen LogP contribution >= 0.6 is 0 Å². The van der Waals surface area contributed by atoms with E-state index in [9.17, 15) is 9.90 Å². The van der Waals surface area contributed by atoms with Gasteiger partial charge in [0.15, 0.2) is 0 Å². The quantitative estimate of drug-likeness (QED) is 0.690. The zero-order valence-electron chi connectivity index (χ0n) is 15.3. The standard InChI is InChI=1S/C20H23N3O3/c1-4-26-19(25)11-17(15-7-5-6-14(10-15)12-24)16-8-9-18-20(13(16)2)21-22-23(18)3/h5-10,17,24H,4,11-12H2,1-3H3. The van der Waals surface area contributed by atoms with Crippen molar-refractivity contribution in [3.8, 4) is 0 Å². The van der Waals surface area contributed by atoms with Gasteiger partial charge in [0.1, 0.15) is 5.52 Å². The van der Waals surface area contributed by atoms with Gasteiger partial charge in [-0.3, -0.25) is 4.79 Å². The summed E-state index contributed by atoms with van der Waals surface area (Å²) in [5.74, 6) is -0.419. The van der Waals surface area contributed by atoms with Crippen LogP contribution in [0.2, 0.25) is 0 Å². The van der Waals surface area contributed by atoms with E-state index in [0.29, 0.717) is 6.61 Å². The molecule has 26 heavy (non-hydrogen) atoms. The Balaban J connectivity index is 2.10. The van der Waals surface area contributed by atoms with Crippen molar-refractivity contribution >= 4 is 17.0 Å². The molecule has 0 fully saturated rings. The van der Waals surface area contributed by atoms with Crippen LogP contribution in [-0.4, -0.2) is 32.7 Å². The number of carbonyl (C=O) groups excluding carboxylic acids is 1. The Morgan fingerprint density at radius 1 is 1.31 bits per heavy atom. The Morgan fingerprint density at radius 2 is 2.12 bits per heavy atom. The molecule has 2 aromatic carbocycles. The third-order valence-electron chi connectivity index (χ3n) is 4.67. The van der Waals surface area contributed by atoms with Crippen LogP contribution in [-0.2, 0) is 23.2 Å². The number of esters is 1. The molecule has 0 amide bonds. The Morgan fingerprint density at radius 3 is 2.85 bits per heavy atom. The first-order valence-corrected chi connectivity index (χ1v) is 8.69. The predicted molar refractivity (Wildman–Crippen MR) is 98.7 cm³/mol. The number of aliphatic hydroxyl groups excluding tert-OH is 1. The minimum Gasteiger partial charge on any atom is -0.466 e. The number of fused-ring (bicyclic) bond motifs is 1. The van der Waals surface area contributed by atoms with E-state index in [-0.39, 0.29) is 24.9 Å². The molecule has 6 heteroatoms. The van der Waals surface area contributed by atoms with Gasteiger partial charge in [0, 0.05) is 13.0 Å². The number of rotatable bonds is 6. The summed E-state index contributed by atoms with van der Waals surface area (Å²) in [5.41, 5.74) is 5.58. The van der Waals surface area contributed by atoms with Crippen LogP contribution in [0.15, 0.2) is 36.4 Å². The maximum Gasteiger partial charge on any atom is 0.306 e.